The molecule has 0 fully saturated rings. The molecule has 0 atom stereocenters. The van der Waals surface area contributed by atoms with Gasteiger partial charge in [-0.05, 0) is 41.9 Å². The number of thiophene rings is 1. The monoisotopic (exact) mass is 396 g/mol. The average Bonchev–Trinajstić information content (AvgIpc) is 3.03. The fourth-order valence-corrected chi connectivity index (χ4v) is 6.16. The lowest BCUT2D eigenvalue weighted by Crippen LogP contribution is -2.23. The highest BCUT2D eigenvalue weighted by molar-refractivity contribution is 7.99. The second-order valence-corrected chi connectivity index (χ2v) is 9.44. The fraction of sp³-hybridized carbons (Fsp3) is 0.364. The topological polar surface area (TPSA) is 34.9 Å². The van der Waals surface area contributed by atoms with Crippen LogP contribution in [0.15, 0.2) is 46.9 Å². The molecule has 0 saturated carbocycles. The van der Waals surface area contributed by atoms with Crippen LogP contribution in [0, 0.1) is 5.92 Å². The Hall–Kier alpha value is -1.85. The number of thioether (sulfide) groups is 1. The molecule has 4 rings (SSSR count). The van der Waals surface area contributed by atoms with Crippen molar-refractivity contribution in [1.82, 2.24) is 9.55 Å². The Morgan fingerprint density at radius 1 is 1.33 bits per heavy atom. The lowest BCUT2D eigenvalue weighted by molar-refractivity contribution is 0.628. The minimum absolute atomic E-state index is 0.0869. The molecular formula is C22H24N2OS2. The number of aryl methyl sites for hydroxylation is 2. The third kappa shape index (κ3) is 3.39. The second-order valence-electron chi connectivity index (χ2n) is 7.38. The summed E-state index contributed by atoms with van der Waals surface area (Å²) in [6.07, 6.45) is 4.80. The van der Waals surface area contributed by atoms with E-state index in [-0.39, 0.29) is 5.56 Å². The number of nitrogens with zero attached hydrogens (tertiary/aromatic N) is 2. The molecular weight excluding hydrogens is 372 g/mol. The van der Waals surface area contributed by atoms with Crippen LogP contribution in [0.3, 0.4) is 0 Å². The summed E-state index contributed by atoms with van der Waals surface area (Å²) in [4.78, 5) is 20.4. The molecule has 1 aromatic carbocycles. The molecule has 3 aromatic rings. The molecule has 2 heterocycles. The zero-order valence-electron chi connectivity index (χ0n) is 15.8. The molecule has 140 valence electrons. The van der Waals surface area contributed by atoms with Crippen molar-refractivity contribution < 1.29 is 0 Å². The maximum absolute atomic E-state index is 13.3. The van der Waals surface area contributed by atoms with Gasteiger partial charge in [-0.15, -0.1) is 17.9 Å². The first-order chi connectivity index (χ1) is 13.1. The van der Waals surface area contributed by atoms with E-state index in [1.807, 2.05) is 0 Å². The molecule has 0 N–H and O–H groups in total. The Morgan fingerprint density at radius 2 is 2.15 bits per heavy atom. The van der Waals surface area contributed by atoms with Crippen LogP contribution < -0.4 is 5.56 Å². The smallest absolute Gasteiger partial charge is 0.263 e. The van der Waals surface area contributed by atoms with Crippen molar-refractivity contribution in [1.29, 1.82) is 0 Å². The Bertz CT molecular complexity index is 1060. The van der Waals surface area contributed by atoms with Gasteiger partial charge >= 0.3 is 0 Å². The highest BCUT2D eigenvalue weighted by Gasteiger charge is 2.25. The molecule has 0 bridgehead atoms. The molecule has 0 amide bonds. The van der Waals surface area contributed by atoms with Gasteiger partial charge in [0.2, 0.25) is 0 Å². The minimum atomic E-state index is 0.0869. The summed E-state index contributed by atoms with van der Waals surface area (Å²) < 4.78 is 1.80. The third-order valence-electron chi connectivity index (χ3n) is 5.02. The lowest BCUT2D eigenvalue weighted by Gasteiger charge is -2.16. The summed E-state index contributed by atoms with van der Waals surface area (Å²) in [6.45, 7) is 8.79. The van der Waals surface area contributed by atoms with E-state index in [2.05, 4.69) is 44.7 Å². The van der Waals surface area contributed by atoms with Crippen LogP contribution in [-0.2, 0) is 19.4 Å². The summed E-state index contributed by atoms with van der Waals surface area (Å²) in [6, 6.07) is 8.54. The van der Waals surface area contributed by atoms with Gasteiger partial charge in [-0.2, -0.15) is 0 Å². The van der Waals surface area contributed by atoms with Crippen LogP contribution in [0.4, 0.5) is 0 Å². The van der Waals surface area contributed by atoms with Gasteiger partial charge in [0.05, 0.1) is 5.39 Å². The second kappa shape index (κ2) is 7.64. The molecule has 0 aliphatic heterocycles. The summed E-state index contributed by atoms with van der Waals surface area (Å²) in [5.74, 6) is 1.62. The third-order valence-corrected chi connectivity index (χ3v) is 7.19. The zero-order chi connectivity index (χ0) is 19.0. The predicted molar refractivity (Wildman–Crippen MR) is 117 cm³/mol. The van der Waals surface area contributed by atoms with E-state index in [0.29, 0.717) is 12.5 Å². The van der Waals surface area contributed by atoms with Crippen LogP contribution in [-0.4, -0.2) is 15.3 Å². The van der Waals surface area contributed by atoms with Gasteiger partial charge < -0.3 is 0 Å². The van der Waals surface area contributed by atoms with Crippen LogP contribution in [0.5, 0.6) is 0 Å². The molecule has 2 aromatic heterocycles. The quantitative estimate of drug-likeness (QED) is 0.311. The Balaban J connectivity index is 1.86. The number of rotatable bonds is 6. The summed E-state index contributed by atoms with van der Waals surface area (Å²) in [5, 5.41) is 1.64. The number of benzene rings is 1. The van der Waals surface area contributed by atoms with Crippen LogP contribution in [0.2, 0.25) is 0 Å². The Kier molecular flexibility index (Phi) is 5.24. The Labute approximate surface area is 168 Å². The molecule has 1 aliphatic rings. The molecule has 0 unspecified atom stereocenters. The molecule has 3 nitrogen and oxygen atoms in total. The van der Waals surface area contributed by atoms with Gasteiger partial charge in [0, 0.05) is 17.2 Å². The molecule has 5 heteroatoms. The van der Waals surface area contributed by atoms with Crippen LogP contribution in [0.25, 0.3) is 20.7 Å². The van der Waals surface area contributed by atoms with Gasteiger partial charge in [0.1, 0.15) is 4.83 Å². The van der Waals surface area contributed by atoms with Crippen molar-refractivity contribution in [3.05, 3.63) is 58.4 Å². The first kappa shape index (κ1) is 18.5. The first-order valence-corrected chi connectivity index (χ1v) is 11.3. The van der Waals surface area contributed by atoms with E-state index in [9.17, 15) is 4.79 Å². The Morgan fingerprint density at radius 3 is 2.93 bits per heavy atom. The minimum Gasteiger partial charge on any atom is -0.283 e. The number of allylic oxidation sites excluding steroid dienone is 1. The van der Waals surface area contributed by atoms with Crippen LogP contribution >= 0.6 is 23.1 Å². The van der Waals surface area contributed by atoms with Gasteiger partial charge in [0.25, 0.3) is 5.56 Å². The molecule has 0 saturated heterocycles. The van der Waals surface area contributed by atoms with Gasteiger partial charge in [-0.25, -0.2) is 4.98 Å². The average molecular weight is 397 g/mol. The maximum atomic E-state index is 13.3. The van der Waals surface area contributed by atoms with E-state index in [4.69, 9.17) is 4.98 Å². The van der Waals surface area contributed by atoms with E-state index in [0.717, 1.165) is 40.4 Å². The molecule has 27 heavy (non-hydrogen) atoms. The maximum Gasteiger partial charge on any atom is 0.263 e. The highest BCUT2D eigenvalue weighted by Crippen LogP contribution is 2.42. The predicted octanol–water partition coefficient (Wildman–Crippen LogP) is 5.55. The lowest BCUT2D eigenvalue weighted by atomic mass is 9.90. The first-order valence-electron chi connectivity index (χ1n) is 9.48. The molecule has 0 spiro atoms. The number of aromatic nitrogens is 2. The summed E-state index contributed by atoms with van der Waals surface area (Å²) >= 11 is 3.36. The molecule has 1 aliphatic carbocycles. The van der Waals surface area contributed by atoms with E-state index >= 15 is 0 Å². The number of hydrogen-bond acceptors (Lipinski definition) is 4. The summed E-state index contributed by atoms with van der Waals surface area (Å²) in [5.41, 5.74) is 3.91. The number of hydrogen-bond donors (Lipinski definition) is 0. The number of fused-ring (bicyclic) bond motifs is 5. The SMILES string of the molecule is C=CCn1c(SCCC(C)C)nc2sc3c(c2c1=O)CCc1ccccc1-3. The van der Waals surface area contributed by atoms with Gasteiger partial charge in [-0.3, -0.25) is 9.36 Å². The van der Waals surface area contributed by atoms with Crippen molar-refractivity contribution in [3.8, 4) is 10.4 Å². The van der Waals surface area contributed by atoms with E-state index in [1.165, 1.54) is 21.6 Å². The van der Waals surface area contributed by atoms with E-state index < -0.39 is 0 Å². The van der Waals surface area contributed by atoms with Gasteiger partial charge in [-0.1, -0.05) is 56.0 Å². The van der Waals surface area contributed by atoms with Crippen molar-refractivity contribution >= 4 is 33.3 Å². The highest BCUT2D eigenvalue weighted by atomic mass is 32.2. The van der Waals surface area contributed by atoms with E-state index in [1.54, 1.807) is 33.7 Å². The van der Waals surface area contributed by atoms with Crippen molar-refractivity contribution in [2.75, 3.05) is 5.75 Å². The zero-order valence-corrected chi connectivity index (χ0v) is 17.5. The molecule has 0 radical (unpaired) electrons. The van der Waals surface area contributed by atoms with Crippen molar-refractivity contribution in [2.45, 2.75) is 44.8 Å². The fourth-order valence-electron chi connectivity index (χ4n) is 3.58. The van der Waals surface area contributed by atoms with Crippen LogP contribution in [0.1, 0.15) is 31.4 Å². The largest absolute Gasteiger partial charge is 0.283 e. The van der Waals surface area contributed by atoms with Gasteiger partial charge in [0.15, 0.2) is 5.16 Å². The standard InChI is InChI=1S/C22H24N2OS2/c1-4-12-24-21(25)18-17-10-9-15-7-5-6-8-16(15)19(17)27-20(18)23-22(24)26-13-11-14(2)3/h4-8,14H,1,9-13H2,2-3H3. The normalized spacial score (nSPS) is 13.0. The summed E-state index contributed by atoms with van der Waals surface area (Å²) in [7, 11) is 0. The van der Waals surface area contributed by atoms with Crippen molar-refractivity contribution in [2.24, 2.45) is 5.92 Å². The van der Waals surface area contributed by atoms with Crippen molar-refractivity contribution in [3.63, 3.8) is 0 Å².